The molecule has 6 nitrogen and oxygen atoms in total. The highest BCUT2D eigenvalue weighted by Gasteiger charge is 2.28. The van der Waals surface area contributed by atoms with Crippen LogP contribution in [0.5, 0.6) is 0 Å². The lowest BCUT2D eigenvalue weighted by molar-refractivity contribution is -0.892. The Morgan fingerprint density at radius 3 is 2.53 bits per heavy atom. The van der Waals surface area contributed by atoms with Gasteiger partial charge in [0, 0.05) is 24.0 Å². The van der Waals surface area contributed by atoms with Gasteiger partial charge in [-0.05, 0) is 25.3 Å². The second-order valence-corrected chi connectivity index (χ2v) is 9.15. The molecule has 2 aromatic heterocycles. The van der Waals surface area contributed by atoms with Crippen LogP contribution in [0.2, 0.25) is 0 Å². The summed E-state index contributed by atoms with van der Waals surface area (Å²) >= 11 is 1.69. The summed E-state index contributed by atoms with van der Waals surface area (Å²) in [4.78, 5) is 29.0. The molecule has 5 rings (SSSR count). The first-order chi connectivity index (χ1) is 14.7. The third-order valence-electron chi connectivity index (χ3n) is 6.24. The fourth-order valence-electron chi connectivity index (χ4n) is 4.59. The normalized spacial score (nSPS) is 17.8. The standard InChI is InChI=1S/C23H27N5OS/c1-17-24-22(21-19(16-30-23(21)25-17)18-7-3-2-4-8-18)28-13-11-26(12-14-28)15-20(29)27-9-5-6-10-27/h2-4,7-8,16H,5-6,9-15H2,1H3/p+1. The minimum atomic E-state index is 0.320. The number of carbonyl (C=O) groups excluding carboxylic acids is 1. The number of carbonyl (C=O) groups is 1. The van der Waals surface area contributed by atoms with Crippen molar-refractivity contribution >= 4 is 33.3 Å². The molecular formula is C23H28N5OS+. The molecule has 1 N–H and O–H groups in total. The number of rotatable bonds is 4. The number of benzene rings is 1. The number of fused-ring (bicyclic) bond motifs is 1. The lowest BCUT2D eigenvalue weighted by Crippen LogP contribution is -3.15. The van der Waals surface area contributed by atoms with E-state index >= 15 is 0 Å². The fraction of sp³-hybridized carbons (Fsp3) is 0.435. The van der Waals surface area contributed by atoms with Crippen molar-refractivity contribution in [2.75, 3.05) is 50.7 Å². The van der Waals surface area contributed by atoms with Gasteiger partial charge < -0.3 is 14.7 Å². The highest BCUT2D eigenvalue weighted by atomic mass is 32.1. The molecular weight excluding hydrogens is 394 g/mol. The summed E-state index contributed by atoms with van der Waals surface area (Å²) in [7, 11) is 0. The molecule has 4 heterocycles. The first-order valence-electron chi connectivity index (χ1n) is 10.9. The predicted octanol–water partition coefficient (Wildman–Crippen LogP) is 1.99. The van der Waals surface area contributed by atoms with Crippen molar-refractivity contribution in [1.29, 1.82) is 0 Å². The summed E-state index contributed by atoms with van der Waals surface area (Å²) in [5, 5.41) is 3.36. The van der Waals surface area contributed by atoms with Gasteiger partial charge in [-0.15, -0.1) is 11.3 Å². The van der Waals surface area contributed by atoms with Crippen molar-refractivity contribution in [3.8, 4) is 11.1 Å². The number of hydrogen-bond donors (Lipinski definition) is 1. The minimum absolute atomic E-state index is 0.320. The molecule has 2 saturated heterocycles. The van der Waals surface area contributed by atoms with Crippen LogP contribution in [0, 0.1) is 6.92 Å². The van der Waals surface area contributed by atoms with Crippen molar-refractivity contribution in [3.05, 3.63) is 41.5 Å². The number of amides is 1. The number of hydrogen-bond acceptors (Lipinski definition) is 5. The van der Waals surface area contributed by atoms with Gasteiger partial charge in [0.15, 0.2) is 6.54 Å². The van der Waals surface area contributed by atoms with Crippen molar-refractivity contribution < 1.29 is 9.69 Å². The Balaban J connectivity index is 1.36. The third kappa shape index (κ3) is 3.79. The van der Waals surface area contributed by atoms with Gasteiger partial charge in [-0.2, -0.15) is 0 Å². The van der Waals surface area contributed by atoms with Crippen LogP contribution < -0.4 is 9.80 Å². The molecule has 1 amide bonds. The zero-order chi connectivity index (χ0) is 20.5. The predicted molar refractivity (Wildman–Crippen MR) is 121 cm³/mol. The van der Waals surface area contributed by atoms with Crippen LogP contribution in [0.4, 0.5) is 5.82 Å². The molecule has 0 atom stereocenters. The summed E-state index contributed by atoms with van der Waals surface area (Å²) < 4.78 is 0. The highest BCUT2D eigenvalue weighted by Crippen LogP contribution is 2.38. The van der Waals surface area contributed by atoms with Crippen LogP contribution in [-0.4, -0.2) is 66.6 Å². The Morgan fingerprint density at radius 1 is 1.07 bits per heavy atom. The summed E-state index contributed by atoms with van der Waals surface area (Å²) in [6.45, 7) is 8.24. The lowest BCUT2D eigenvalue weighted by atomic mass is 10.1. The maximum absolute atomic E-state index is 12.5. The summed E-state index contributed by atoms with van der Waals surface area (Å²) in [6, 6.07) is 10.5. The van der Waals surface area contributed by atoms with E-state index in [1.54, 1.807) is 11.3 Å². The zero-order valence-corrected chi connectivity index (χ0v) is 18.2. The van der Waals surface area contributed by atoms with E-state index in [1.807, 2.05) is 17.9 Å². The molecule has 0 spiro atoms. The number of piperazine rings is 1. The zero-order valence-electron chi connectivity index (χ0n) is 17.4. The van der Waals surface area contributed by atoms with E-state index in [-0.39, 0.29) is 0 Å². The number of nitrogens with zero attached hydrogens (tertiary/aromatic N) is 4. The summed E-state index contributed by atoms with van der Waals surface area (Å²) in [6.07, 6.45) is 2.31. The molecule has 1 aromatic carbocycles. The molecule has 0 radical (unpaired) electrons. The fourth-order valence-corrected chi connectivity index (χ4v) is 5.58. The van der Waals surface area contributed by atoms with Gasteiger partial charge in [0.05, 0.1) is 31.6 Å². The molecule has 0 bridgehead atoms. The topological polar surface area (TPSA) is 53.8 Å². The first-order valence-corrected chi connectivity index (χ1v) is 11.7. The smallest absolute Gasteiger partial charge is 0.277 e. The van der Waals surface area contributed by atoms with Gasteiger partial charge in [-0.3, -0.25) is 4.79 Å². The first kappa shape index (κ1) is 19.5. The molecule has 0 saturated carbocycles. The van der Waals surface area contributed by atoms with E-state index in [0.717, 1.165) is 74.0 Å². The molecule has 0 unspecified atom stereocenters. The van der Waals surface area contributed by atoms with E-state index in [0.29, 0.717) is 12.5 Å². The van der Waals surface area contributed by atoms with Crippen molar-refractivity contribution in [3.63, 3.8) is 0 Å². The van der Waals surface area contributed by atoms with Crippen LogP contribution in [-0.2, 0) is 4.79 Å². The maximum atomic E-state index is 12.5. The molecule has 3 aromatic rings. The second kappa shape index (κ2) is 8.32. The van der Waals surface area contributed by atoms with Gasteiger partial charge in [0.1, 0.15) is 16.5 Å². The molecule has 30 heavy (non-hydrogen) atoms. The van der Waals surface area contributed by atoms with E-state index in [2.05, 4.69) is 34.5 Å². The molecule has 0 aliphatic carbocycles. The van der Waals surface area contributed by atoms with Gasteiger partial charge in [-0.1, -0.05) is 30.3 Å². The number of anilines is 1. The van der Waals surface area contributed by atoms with E-state index in [4.69, 9.17) is 9.97 Å². The summed E-state index contributed by atoms with van der Waals surface area (Å²) in [5.74, 6) is 2.18. The maximum Gasteiger partial charge on any atom is 0.277 e. The Hall–Kier alpha value is -2.51. The molecule has 2 fully saturated rings. The second-order valence-electron chi connectivity index (χ2n) is 8.29. The number of likely N-dealkylation sites (tertiary alicyclic amines) is 1. The van der Waals surface area contributed by atoms with E-state index in [1.165, 1.54) is 16.0 Å². The molecule has 156 valence electrons. The third-order valence-corrected chi connectivity index (χ3v) is 7.11. The average Bonchev–Trinajstić information content (AvgIpc) is 3.45. The van der Waals surface area contributed by atoms with Crippen LogP contribution in [0.1, 0.15) is 18.7 Å². The molecule has 7 heteroatoms. The SMILES string of the molecule is Cc1nc(N2CC[NH+](CC(=O)N3CCCC3)CC2)c2c(-c3ccccc3)csc2n1. The van der Waals surface area contributed by atoms with Crippen molar-refractivity contribution in [2.24, 2.45) is 0 Å². The quantitative estimate of drug-likeness (QED) is 0.699. The van der Waals surface area contributed by atoms with Crippen molar-refractivity contribution in [1.82, 2.24) is 14.9 Å². The highest BCUT2D eigenvalue weighted by molar-refractivity contribution is 7.17. The number of quaternary nitrogens is 1. The van der Waals surface area contributed by atoms with Gasteiger partial charge in [0.25, 0.3) is 5.91 Å². The monoisotopic (exact) mass is 422 g/mol. The van der Waals surface area contributed by atoms with Crippen LogP contribution >= 0.6 is 11.3 Å². The Bertz CT molecular complexity index is 1040. The number of thiophene rings is 1. The van der Waals surface area contributed by atoms with Crippen LogP contribution in [0.3, 0.4) is 0 Å². The molecule has 2 aliphatic heterocycles. The van der Waals surface area contributed by atoms with E-state index < -0.39 is 0 Å². The van der Waals surface area contributed by atoms with E-state index in [9.17, 15) is 4.79 Å². The van der Waals surface area contributed by atoms with Gasteiger partial charge >= 0.3 is 0 Å². The molecule has 2 aliphatic rings. The number of aromatic nitrogens is 2. The van der Waals surface area contributed by atoms with Crippen LogP contribution in [0.25, 0.3) is 21.3 Å². The Labute approximate surface area is 181 Å². The van der Waals surface area contributed by atoms with Gasteiger partial charge in [-0.25, -0.2) is 9.97 Å². The lowest BCUT2D eigenvalue weighted by Gasteiger charge is -2.33. The number of nitrogens with one attached hydrogen (secondary N) is 1. The Morgan fingerprint density at radius 2 is 1.80 bits per heavy atom. The average molecular weight is 423 g/mol. The van der Waals surface area contributed by atoms with Gasteiger partial charge in [0.2, 0.25) is 0 Å². The minimum Gasteiger partial charge on any atom is -0.345 e. The van der Waals surface area contributed by atoms with Crippen LogP contribution in [0.15, 0.2) is 35.7 Å². The Kier molecular flexibility index (Phi) is 5.39. The largest absolute Gasteiger partial charge is 0.345 e. The number of aryl methyl sites for hydroxylation is 1. The summed E-state index contributed by atoms with van der Waals surface area (Å²) in [5.41, 5.74) is 2.42. The van der Waals surface area contributed by atoms with Crippen molar-refractivity contribution in [2.45, 2.75) is 19.8 Å².